The predicted molar refractivity (Wildman–Crippen MR) is 133 cm³/mol. The molecule has 1 aromatic heterocycles. The maximum absolute atomic E-state index is 12.5. The van der Waals surface area contributed by atoms with Crippen molar-refractivity contribution in [2.45, 2.75) is 17.9 Å². The molecule has 0 spiro atoms. The molecular formula is C24H18Cl2N2O4S2. The van der Waals surface area contributed by atoms with Gasteiger partial charge in [-0.15, -0.1) is 11.3 Å². The monoisotopic (exact) mass is 532 g/mol. The minimum Gasteiger partial charge on any atom is -0.489 e. The van der Waals surface area contributed by atoms with E-state index in [1.807, 2.05) is 22.9 Å². The van der Waals surface area contributed by atoms with Gasteiger partial charge in [0.1, 0.15) is 18.1 Å². The van der Waals surface area contributed by atoms with Crippen molar-refractivity contribution < 1.29 is 17.9 Å². The van der Waals surface area contributed by atoms with Gasteiger partial charge in [-0.05, 0) is 36.4 Å². The highest BCUT2D eigenvalue weighted by Gasteiger charge is 2.20. The van der Waals surface area contributed by atoms with E-state index >= 15 is 0 Å². The van der Waals surface area contributed by atoms with E-state index in [-0.39, 0.29) is 17.2 Å². The molecule has 0 aliphatic heterocycles. The number of ether oxygens (including phenoxy) is 1. The quantitative estimate of drug-likeness (QED) is 0.312. The van der Waals surface area contributed by atoms with Crippen LogP contribution in [0.4, 0.5) is 0 Å². The number of sulfonamides is 1. The average Bonchev–Trinajstić information content (AvgIpc) is 3.29. The molecular weight excluding hydrogens is 515 g/mol. The van der Waals surface area contributed by atoms with E-state index in [0.29, 0.717) is 27.2 Å². The van der Waals surface area contributed by atoms with Gasteiger partial charge in [0.15, 0.2) is 0 Å². The molecule has 4 aromatic rings. The summed E-state index contributed by atoms with van der Waals surface area (Å²) in [6.45, 7) is 0.275. The van der Waals surface area contributed by atoms with Crippen molar-refractivity contribution in [2.24, 2.45) is 0 Å². The van der Waals surface area contributed by atoms with Crippen molar-refractivity contribution in [2.75, 3.05) is 0 Å². The summed E-state index contributed by atoms with van der Waals surface area (Å²) in [5.41, 5.74) is 1.63. The second-order valence-electron chi connectivity index (χ2n) is 7.18. The molecule has 4 rings (SSSR count). The van der Waals surface area contributed by atoms with Crippen LogP contribution in [0.15, 0.2) is 83.1 Å². The van der Waals surface area contributed by atoms with Crippen LogP contribution in [0.1, 0.15) is 26.6 Å². The highest BCUT2D eigenvalue weighted by atomic mass is 35.5. The first-order valence-corrected chi connectivity index (χ1v) is 13.1. The van der Waals surface area contributed by atoms with Crippen molar-refractivity contribution in [1.82, 2.24) is 9.71 Å². The van der Waals surface area contributed by atoms with Gasteiger partial charge >= 0.3 is 0 Å². The van der Waals surface area contributed by atoms with Gasteiger partial charge in [0, 0.05) is 33.0 Å². The standard InChI is InChI=1S/C24H18Cl2N2O4S2/c25-18-10-11-22(32-14-16-6-4-5-9-20(16)26)17(12-18)13-23-27-21(15-33-23)24(29)28-34(30,31)19-7-2-1-3-8-19/h1-12,15H,13-14H2,(H,28,29). The molecule has 0 unspecified atom stereocenters. The van der Waals surface area contributed by atoms with E-state index in [1.54, 1.807) is 42.5 Å². The minimum atomic E-state index is -3.99. The van der Waals surface area contributed by atoms with Crippen molar-refractivity contribution in [3.8, 4) is 5.75 Å². The number of nitrogens with zero attached hydrogens (tertiary/aromatic N) is 1. The third-order valence-corrected chi connectivity index (χ3v) is 7.57. The Bertz CT molecular complexity index is 1420. The second kappa shape index (κ2) is 10.6. The fourth-order valence-corrected chi connectivity index (χ4v) is 5.25. The van der Waals surface area contributed by atoms with Crippen molar-refractivity contribution in [3.63, 3.8) is 0 Å². The Labute approximate surface area is 211 Å². The SMILES string of the molecule is O=C(NS(=O)(=O)c1ccccc1)c1csc(Cc2cc(Cl)ccc2OCc2ccccc2Cl)n1. The molecule has 0 bridgehead atoms. The Kier molecular flexibility index (Phi) is 7.53. The van der Waals surface area contributed by atoms with Crippen LogP contribution < -0.4 is 9.46 Å². The first-order valence-electron chi connectivity index (χ1n) is 10.0. The Morgan fingerprint density at radius 3 is 2.47 bits per heavy atom. The number of carbonyl (C=O) groups is 1. The lowest BCUT2D eigenvalue weighted by Gasteiger charge is -2.12. The summed E-state index contributed by atoms with van der Waals surface area (Å²) < 4.78 is 32.8. The number of amides is 1. The van der Waals surface area contributed by atoms with Crippen LogP contribution in [0.25, 0.3) is 0 Å². The molecule has 0 saturated heterocycles. The number of thiazole rings is 1. The number of hydrogen-bond acceptors (Lipinski definition) is 6. The lowest BCUT2D eigenvalue weighted by Crippen LogP contribution is -2.30. The summed E-state index contributed by atoms with van der Waals surface area (Å²) >= 11 is 13.6. The summed E-state index contributed by atoms with van der Waals surface area (Å²) in [6, 6.07) is 20.3. The molecule has 6 nitrogen and oxygen atoms in total. The lowest BCUT2D eigenvalue weighted by molar-refractivity contribution is 0.0977. The summed E-state index contributed by atoms with van der Waals surface area (Å²) in [5, 5.41) is 3.26. The highest BCUT2D eigenvalue weighted by Crippen LogP contribution is 2.28. The van der Waals surface area contributed by atoms with Gasteiger partial charge in [0.05, 0.1) is 9.90 Å². The number of rotatable bonds is 8. The first-order chi connectivity index (χ1) is 16.3. The fraction of sp³-hybridized carbons (Fsp3) is 0.0833. The summed E-state index contributed by atoms with van der Waals surface area (Å²) in [5.74, 6) is -0.190. The smallest absolute Gasteiger partial charge is 0.284 e. The fourth-order valence-electron chi connectivity index (χ4n) is 3.09. The molecule has 174 valence electrons. The number of halogens is 2. The largest absolute Gasteiger partial charge is 0.489 e. The van der Waals surface area contributed by atoms with E-state index < -0.39 is 15.9 Å². The average molecular weight is 533 g/mol. The molecule has 1 N–H and O–H groups in total. The molecule has 34 heavy (non-hydrogen) atoms. The Hall–Kier alpha value is -2.91. The van der Waals surface area contributed by atoms with Crippen LogP contribution in [0, 0.1) is 0 Å². The molecule has 1 heterocycles. The van der Waals surface area contributed by atoms with E-state index in [1.165, 1.54) is 28.8 Å². The molecule has 0 saturated carbocycles. The first kappa shape index (κ1) is 24.2. The zero-order valence-corrected chi connectivity index (χ0v) is 20.7. The maximum atomic E-state index is 12.5. The van der Waals surface area contributed by atoms with Gasteiger partial charge in [0.25, 0.3) is 15.9 Å². The van der Waals surface area contributed by atoms with Gasteiger partial charge < -0.3 is 4.74 Å². The highest BCUT2D eigenvalue weighted by molar-refractivity contribution is 7.90. The van der Waals surface area contributed by atoms with Gasteiger partial charge in [-0.3, -0.25) is 4.79 Å². The van der Waals surface area contributed by atoms with Crippen LogP contribution in [-0.4, -0.2) is 19.3 Å². The van der Waals surface area contributed by atoms with Gasteiger partial charge in [-0.1, -0.05) is 59.6 Å². The van der Waals surface area contributed by atoms with Gasteiger partial charge in [-0.25, -0.2) is 18.1 Å². The van der Waals surface area contributed by atoms with E-state index in [4.69, 9.17) is 27.9 Å². The zero-order valence-electron chi connectivity index (χ0n) is 17.6. The third-order valence-electron chi connectivity index (χ3n) is 4.77. The Morgan fingerprint density at radius 2 is 1.71 bits per heavy atom. The Balaban J connectivity index is 1.48. The molecule has 0 aliphatic carbocycles. The molecule has 0 aliphatic rings. The van der Waals surface area contributed by atoms with Gasteiger partial charge in [-0.2, -0.15) is 0 Å². The van der Waals surface area contributed by atoms with Gasteiger partial charge in [0.2, 0.25) is 0 Å². The maximum Gasteiger partial charge on any atom is 0.284 e. The zero-order chi connectivity index (χ0) is 24.1. The van der Waals surface area contributed by atoms with E-state index in [9.17, 15) is 13.2 Å². The van der Waals surface area contributed by atoms with Crippen molar-refractivity contribution in [3.05, 3.63) is 110 Å². The molecule has 0 atom stereocenters. The summed E-state index contributed by atoms with van der Waals surface area (Å²) in [4.78, 5) is 16.8. The molecule has 10 heteroatoms. The Morgan fingerprint density at radius 1 is 0.971 bits per heavy atom. The third kappa shape index (κ3) is 5.95. The summed E-state index contributed by atoms with van der Waals surface area (Å²) in [7, 11) is -3.99. The number of carbonyl (C=O) groups excluding carboxylic acids is 1. The number of aromatic nitrogens is 1. The number of hydrogen-bond donors (Lipinski definition) is 1. The second-order valence-corrected chi connectivity index (χ2v) is 10.7. The van der Waals surface area contributed by atoms with Crippen LogP contribution in [0.2, 0.25) is 10.0 Å². The molecule has 0 fully saturated rings. The lowest BCUT2D eigenvalue weighted by atomic mass is 10.1. The summed E-state index contributed by atoms with van der Waals surface area (Å²) in [6.07, 6.45) is 0.349. The van der Waals surface area contributed by atoms with Crippen LogP contribution >= 0.6 is 34.5 Å². The van der Waals surface area contributed by atoms with Crippen LogP contribution in [0.3, 0.4) is 0 Å². The topological polar surface area (TPSA) is 85.4 Å². The predicted octanol–water partition coefficient (Wildman–Crippen LogP) is 5.74. The molecule has 1 amide bonds. The molecule has 0 radical (unpaired) electrons. The minimum absolute atomic E-state index is 0.00181. The van der Waals surface area contributed by atoms with Crippen LogP contribution in [0.5, 0.6) is 5.75 Å². The number of benzene rings is 3. The number of nitrogens with one attached hydrogen (secondary N) is 1. The normalized spacial score (nSPS) is 11.2. The van der Waals surface area contributed by atoms with E-state index in [2.05, 4.69) is 4.98 Å². The van der Waals surface area contributed by atoms with Crippen LogP contribution in [-0.2, 0) is 23.1 Å². The van der Waals surface area contributed by atoms with Crippen molar-refractivity contribution in [1.29, 1.82) is 0 Å². The van der Waals surface area contributed by atoms with Crippen molar-refractivity contribution >= 4 is 50.5 Å². The molecule has 3 aromatic carbocycles. The van der Waals surface area contributed by atoms with E-state index in [0.717, 1.165) is 11.1 Å².